The van der Waals surface area contributed by atoms with E-state index in [1.807, 2.05) is 69.3 Å². The molecule has 0 fully saturated rings. The molecule has 0 aliphatic heterocycles. The lowest BCUT2D eigenvalue weighted by Gasteiger charge is -2.23. The molecule has 3 rings (SSSR count). The molecule has 0 aliphatic carbocycles. The summed E-state index contributed by atoms with van der Waals surface area (Å²) in [5.74, 6) is 0.314. The summed E-state index contributed by atoms with van der Waals surface area (Å²) in [5, 5.41) is 10.8. The zero-order chi connectivity index (χ0) is 26.5. The molecule has 0 aliphatic rings. The Kier molecular flexibility index (Phi) is 8.56. The average Bonchev–Trinajstić information content (AvgIpc) is 3.23. The van der Waals surface area contributed by atoms with E-state index in [1.165, 1.54) is 0 Å². The second-order valence-corrected chi connectivity index (χ2v) is 10.5. The number of carbonyl (C=O) groups excluding carboxylic acids is 2. The van der Waals surface area contributed by atoms with Crippen LogP contribution in [-0.4, -0.2) is 39.7 Å². The van der Waals surface area contributed by atoms with Crippen LogP contribution >= 0.6 is 0 Å². The highest BCUT2D eigenvalue weighted by Gasteiger charge is 2.23. The molecule has 3 aromatic rings. The van der Waals surface area contributed by atoms with E-state index in [4.69, 9.17) is 5.10 Å². The molecule has 0 saturated carbocycles. The number of nitrogens with one attached hydrogen (secondary N) is 2. The molecule has 0 bridgehead atoms. The number of aryl methyl sites for hydroxylation is 3. The van der Waals surface area contributed by atoms with E-state index >= 15 is 0 Å². The van der Waals surface area contributed by atoms with Crippen molar-refractivity contribution in [2.24, 2.45) is 0 Å². The molecule has 1 heterocycles. The number of benzene rings is 2. The minimum absolute atomic E-state index is 0.0549. The second-order valence-electron chi connectivity index (χ2n) is 10.5. The lowest BCUT2D eigenvalue weighted by Crippen LogP contribution is -2.41. The lowest BCUT2D eigenvalue weighted by molar-refractivity contribution is -0.116. The average molecular weight is 490 g/mol. The summed E-state index contributed by atoms with van der Waals surface area (Å²) in [6.07, 6.45) is 1.73. The standard InChI is InChI=1S/C29H39N5O2/c1-8-9-16-33(28(36)30-24-15-12-21(3)17-22(24)4)19-27(35)31-26-18-25(29(5,6)7)32-34(26)23-13-10-20(2)11-14-23/h10-15,17-18H,8-9,16,19H2,1-7H3,(H,30,36)(H,31,35). The van der Waals surface area contributed by atoms with Crippen LogP contribution in [0.15, 0.2) is 48.5 Å². The van der Waals surface area contributed by atoms with E-state index in [0.717, 1.165) is 46.6 Å². The van der Waals surface area contributed by atoms with Crippen molar-refractivity contribution in [3.63, 3.8) is 0 Å². The Morgan fingerprint density at radius 2 is 1.61 bits per heavy atom. The van der Waals surface area contributed by atoms with Gasteiger partial charge in [0.25, 0.3) is 0 Å². The molecule has 2 aromatic carbocycles. The first kappa shape index (κ1) is 27.0. The summed E-state index contributed by atoms with van der Waals surface area (Å²) in [4.78, 5) is 27.9. The number of hydrogen-bond donors (Lipinski definition) is 2. The quantitative estimate of drug-likeness (QED) is 0.386. The van der Waals surface area contributed by atoms with Gasteiger partial charge in [0.05, 0.1) is 11.4 Å². The summed E-state index contributed by atoms with van der Waals surface area (Å²) in [6.45, 7) is 14.8. The molecule has 0 atom stereocenters. The number of rotatable bonds is 8. The largest absolute Gasteiger partial charge is 0.322 e. The molecule has 2 N–H and O–H groups in total. The van der Waals surface area contributed by atoms with Crippen LogP contribution in [0.4, 0.5) is 16.3 Å². The maximum Gasteiger partial charge on any atom is 0.322 e. The van der Waals surface area contributed by atoms with Crippen LogP contribution in [-0.2, 0) is 10.2 Å². The number of nitrogens with zero attached hydrogens (tertiary/aromatic N) is 3. The highest BCUT2D eigenvalue weighted by molar-refractivity contribution is 5.97. The van der Waals surface area contributed by atoms with Gasteiger partial charge in [-0.1, -0.05) is 69.5 Å². The van der Waals surface area contributed by atoms with Gasteiger partial charge in [-0.25, -0.2) is 9.48 Å². The molecule has 0 spiro atoms. The second kappa shape index (κ2) is 11.4. The number of carbonyl (C=O) groups is 2. The maximum absolute atomic E-state index is 13.2. The van der Waals surface area contributed by atoms with Crippen molar-refractivity contribution < 1.29 is 9.59 Å². The molecule has 1 aromatic heterocycles. The van der Waals surface area contributed by atoms with Crippen molar-refractivity contribution in [2.75, 3.05) is 23.7 Å². The van der Waals surface area contributed by atoms with Crippen LogP contribution in [0.3, 0.4) is 0 Å². The van der Waals surface area contributed by atoms with Crippen molar-refractivity contribution in [2.45, 2.75) is 66.7 Å². The molecule has 3 amide bonds. The number of hydrogen-bond acceptors (Lipinski definition) is 3. The summed E-state index contributed by atoms with van der Waals surface area (Å²) < 4.78 is 1.75. The number of aromatic nitrogens is 2. The Hall–Kier alpha value is -3.61. The molecule has 7 heteroatoms. The molecule has 7 nitrogen and oxygen atoms in total. The fraction of sp³-hybridized carbons (Fsp3) is 0.414. The number of urea groups is 1. The SMILES string of the molecule is CCCCN(CC(=O)Nc1cc(C(C)(C)C)nn1-c1ccc(C)cc1)C(=O)Nc1ccc(C)cc1C. The molecule has 0 unspecified atom stereocenters. The van der Waals surface area contributed by atoms with E-state index in [1.54, 1.807) is 9.58 Å². The highest BCUT2D eigenvalue weighted by atomic mass is 16.2. The summed E-state index contributed by atoms with van der Waals surface area (Å²) in [5.41, 5.74) is 5.56. The van der Waals surface area contributed by atoms with Gasteiger partial charge in [0.15, 0.2) is 0 Å². The summed E-state index contributed by atoms with van der Waals surface area (Å²) in [6, 6.07) is 15.5. The van der Waals surface area contributed by atoms with E-state index < -0.39 is 0 Å². The third-order valence-electron chi connectivity index (χ3n) is 6.05. The maximum atomic E-state index is 13.2. The van der Waals surface area contributed by atoms with Crippen LogP contribution in [0, 0.1) is 20.8 Å². The van der Waals surface area contributed by atoms with Gasteiger partial charge in [0.2, 0.25) is 5.91 Å². The van der Waals surface area contributed by atoms with Gasteiger partial charge < -0.3 is 15.5 Å². The van der Waals surface area contributed by atoms with Crippen LogP contribution in [0.5, 0.6) is 0 Å². The van der Waals surface area contributed by atoms with Gasteiger partial charge in [-0.05, 0) is 51.0 Å². The predicted molar refractivity (Wildman–Crippen MR) is 147 cm³/mol. The Morgan fingerprint density at radius 3 is 2.22 bits per heavy atom. The Labute approximate surface area is 214 Å². The van der Waals surface area contributed by atoms with Gasteiger partial charge in [0.1, 0.15) is 12.4 Å². The van der Waals surface area contributed by atoms with Crippen LogP contribution in [0.1, 0.15) is 62.9 Å². The van der Waals surface area contributed by atoms with Gasteiger partial charge in [0, 0.05) is 23.7 Å². The molecule has 0 saturated heterocycles. The molecule has 36 heavy (non-hydrogen) atoms. The zero-order valence-electron chi connectivity index (χ0n) is 22.6. The highest BCUT2D eigenvalue weighted by Crippen LogP contribution is 2.26. The molecular formula is C29H39N5O2. The third kappa shape index (κ3) is 6.97. The van der Waals surface area contributed by atoms with Crippen molar-refractivity contribution in [1.82, 2.24) is 14.7 Å². The fourth-order valence-electron chi connectivity index (χ4n) is 3.82. The first-order chi connectivity index (χ1) is 17.0. The van der Waals surface area contributed by atoms with Crippen molar-refractivity contribution >= 4 is 23.4 Å². The van der Waals surface area contributed by atoms with Crippen molar-refractivity contribution in [3.8, 4) is 5.69 Å². The lowest BCUT2D eigenvalue weighted by atomic mass is 9.92. The van der Waals surface area contributed by atoms with E-state index in [-0.39, 0.29) is 23.9 Å². The zero-order valence-corrected chi connectivity index (χ0v) is 22.6. The molecular weight excluding hydrogens is 450 g/mol. The Bertz CT molecular complexity index is 1210. The third-order valence-corrected chi connectivity index (χ3v) is 6.05. The summed E-state index contributed by atoms with van der Waals surface area (Å²) >= 11 is 0. The van der Waals surface area contributed by atoms with E-state index in [0.29, 0.717) is 12.4 Å². The minimum atomic E-state index is -0.284. The smallest absolute Gasteiger partial charge is 0.315 e. The Balaban J connectivity index is 1.81. The molecule has 0 radical (unpaired) electrons. The molecule has 192 valence electrons. The van der Waals surface area contributed by atoms with Crippen LogP contribution < -0.4 is 10.6 Å². The normalized spacial score (nSPS) is 11.3. The van der Waals surface area contributed by atoms with Crippen molar-refractivity contribution in [1.29, 1.82) is 0 Å². The van der Waals surface area contributed by atoms with Gasteiger partial charge >= 0.3 is 6.03 Å². The predicted octanol–water partition coefficient (Wildman–Crippen LogP) is 6.37. The Morgan fingerprint density at radius 1 is 0.944 bits per heavy atom. The summed E-state index contributed by atoms with van der Waals surface area (Å²) in [7, 11) is 0. The number of unbranched alkanes of at least 4 members (excludes halogenated alkanes) is 1. The number of amides is 3. The van der Waals surface area contributed by atoms with Gasteiger partial charge in [-0.2, -0.15) is 5.10 Å². The van der Waals surface area contributed by atoms with E-state index in [9.17, 15) is 9.59 Å². The van der Waals surface area contributed by atoms with Gasteiger partial charge in [-0.15, -0.1) is 0 Å². The first-order valence-corrected chi connectivity index (χ1v) is 12.6. The fourth-order valence-corrected chi connectivity index (χ4v) is 3.82. The van der Waals surface area contributed by atoms with Crippen LogP contribution in [0.2, 0.25) is 0 Å². The van der Waals surface area contributed by atoms with Gasteiger partial charge in [-0.3, -0.25) is 4.79 Å². The van der Waals surface area contributed by atoms with E-state index in [2.05, 4.69) is 38.3 Å². The van der Waals surface area contributed by atoms with Crippen LogP contribution in [0.25, 0.3) is 5.69 Å². The minimum Gasteiger partial charge on any atom is -0.315 e. The van der Waals surface area contributed by atoms with Crippen molar-refractivity contribution in [3.05, 3.63) is 70.9 Å². The first-order valence-electron chi connectivity index (χ1n) is 12.6. The monoisotopic (exact) mass is 489 g/mol. The topological polar surface area (TPSA) is 79.3 Å². The number of anilines is 2.